The highest BCUT2D eigenvalue weighted by atomic mass is 79.9. The van der Waals surface area contributed by atoms with E-state index in [2.05, 4.69) is 26.6 Å². The van der Waals surface area contributed by atoms with E-state index in [1.165, 1.54) is 19.2 Å². The van der Waals surface area contributed by atoms with Gasteiger partial charge in [0.25, 0.3) is 0 Å². The number of aryl methyl sites for hydroxylation is 2. The topological polar surface area (TPSA) is 93.5 Å². The van der Waals surface area contributed by atoms with Gasteiger partial charge in [0.2, 0.25) is 5.91 Å². The van der Waals surface area contributed by atoms with E-state index < -0.39 is 4.92 Å². The molecule has 132 valence electrons. The lowest BCUT2D eigenvalue weighted by atomic mass is 10.1. The molecule has 0 aromatic heterocycles. The van der Waals surface area contributed by atoms with E-state index in [0.717, 1.165) is 15.7 Å². The van der Waals surface area contributed by atoms with Gasteiger partial charge in [-0.2, -0.15) is 0 Å². The second kappa shape index (κ2) is 7.98. The van der Waals surface area contributed by atoms with Gasteiger partial charge in [0.1, 0.15) is 0 Å². The SMILES string of the molecule is COc1cc(NC(=O)CNc2ccc(Br)c(C)c2)c(C)cc1[N+](=O)[O-]. The maximum atomic E-state index is 12.2. The van der Waals surface area contributed by atoms with Crippen LogP contribution in [0.3, 0.4) is 0 Å². The van der Waals surface area contributed by atoms with Crippen molar-refractivity contribution in [1.29, 1.82) is 0 Å². The zero-order valence-electron chi connectivity index (χ0n) is 14.1. The summed E-state index contributed by atoms with van der Waals surface area (Å²) < 4.78 is 6.02. The third kappa shape index (κ3) is 4.69. The predicted molar refractivity (Wildman–Crippen MR) is 100 cm³/mol. The van der Waals surface area contributed by atoms with Gasteiger partial charge in [0.15, 0.2) is 5.75 Å². The molecular weight excluding hydrogens is 390 g/mol. The third-order valence-electron chi connectivity index (χ3n) is 3.61. The number of amides is 1. The molecule has 0 aliphatic carbocycles. The van der Waals surface area contributed by atoms with E-state index in [-0.39, 0.29) is 23.9 Å². The van der Waals surface area contributed by atoms with Crippen LogP contribution in [0.1, 0.15) is 11.1 Å². The summed E-state index contributed by atoms with van der Waals surface area (Å²) in [6.45, 7) is 3.72. The van der Waals surface area contributed by atoms with Crippen LogP contribution in [0, 0.1) is 24.0 Å². The molecule has 0 fully saturated rings. The molecule has 0 radical (unpaired) electrons. The fourth-order valence-electron chi connectivity index (χ4n) is 2.25. The van der Waals surface area contributed by atoms with Crippen molar-refractivity contribution in [3.05, 3.63) is 56.0 Å². The lowest BCUT2D eigenvalue weighted by molar-refractivity contribution is -0.385. The highest BCUT2D eigenvalue weighted by Gasteiger charge is 2.18. The van der Waals surface area contributed by atoms with Crippen LogP contribution >= 0.6 is 15.9 Å². The number of nitro benzene ring substituents is 1. The van der Waals surface area contributed by atoms with Gasteiger partial charge in [0, 0.05) is 28.0 Å². The van der Waals surface area contributed by atoms with E-state index in [1.54, 1.807) is 6.92 Å². The molecule has 0 saturated carbocycles. The first-order chi connectivity index (χ1) is 11.8. The Kier molecular flexibility index (Phi) is 5.97. The Morgan fingerprint density at radius 2 is 1.96 bits per heavy atom. The van der Waals surface area contributed by atoms with Crippen molar-refractivity contribution in [1.82, 2.24) is 0 Å². The Balaban J connectivity index is 2.07. The zero-order valence-corrected chi connectivity index (χ0v) is 15.6. The molecule has 0 spiro atoms. The molecule has 0 atom stereocenters. The Hall–Kier alpha value is -2.61. The minimum Gasteiger partial charge on any atom is -0.490 e. The number of anilines is 2. The van der Waals surface area contributed by atoms with Crippen molar-refractivity contribution < 1.29 is 14.5 Å². The average Bonchev–Trinajstić information content (AvgIpc) is 2.57. The van der Waals surface area contributed by atoms with Gasteiger partial charge in [0.05, 0.1) is 18.6 Å². The monoisotopic (exact) mass is 407 g/mol. The van der Waals surface area contributed by atoms with Crippen LogP contribution in [-0.4, -0.2) is 24.5 Å². The molecular formula is C17H18BrN3O4. The number of carbonyl (C=O) groups is 1. The van der Waals surface area contributed by atoms with E-state index in [0.29, 0.717) is 11.3 Å². The molecule has 2 aromatic rings. The molecule has 2 aromatic carbocycles. The number of nitrogens with zero attached hydrogens (tertiary/aromatic N) is 1. The van der Waals surface area contributed by atoms with Crippen LogP contribution in [0.5, 0.6) is 5.75 Å². The van der Waals surface area contributed by atoms with Gasteiger partial charge in [-0.1, -0.05) is 15.9 Å². The first kappa shape index (κ1) is 18.7. The number of rotatable bonds is 6. The minimum atomic E-state index is -0.519. The highest BCUT2D eigenvalue weighted by Crippen LogP contribution is 2.32. The Morgan fingerprint density at radius 1 is 1.24 bits per heavy atom. The number of methoxy groups -OCH3 is 1. The predicted octanol–water partition coefficient (Wildman–Crippen LogP) is 4.03. The number of halogens is 1. The van der Waals surface area contributed by atoms with Gasteiger partial charge >= 0.3 is 5.69 Å². The summed E-state index contributed by atoms with van der Waals surface area (Å²) in [6.07, 6.45) is 0. The van der Waals surface area contributed by atoms with Crippen molar-refractivity contribution in [3.63, 3.8) is 0 Å². The summed E-state index contributed by atoms with van der Waals surface area (Å²) in [4.78, 5) is 22.6. The second-order valence-electron chi connectivity index (χ2n) is 5.46. The van der Waals surface area contributed by atoms with Crippen molar-refractivity contribution in [2.75, 3.05) is 24.3 Å². The molecule has 0 aliphatic heterocycles. The maximum absolute atomic E-state index is 12.2. The number of hydrogen-bond acceptors (Lipinski definition) is 5. The van der Waals surface area contributed by atoms with Crippen LogP contribution in [0.25, 0.3) is 0 Å². The largest absolute Gasteiger partial charge is 0.490 e. The van der Waals surface area contributed by atoms with E-state index >= 15 is 0 Å². The average molecular weight is 408 g/mol. The molecule has 2 rings (SSSR count). The van der Waals surface area contributed by atoms with E-state index in [4.69, 9.17) is 4.74 Å². The smallest absolute Gasteiger partial charge is 0.311 e. The molecule has 8 heteroatoms. The Bertz CT molecular complexity index is 824. The number of ether oxygens (including phenoxy) is 1. The number of hydrogen-bond donors (Lipinski definition) is 2. The van der Waals surface area contributed by atoms with Gasteiger partial charge in [-0.25, -0.2) is 0 Å². The second-order valence-corrected chi connectivity index (χ2v) is 6.32. The maximum Gasteiger partial charge on any atom is 0.311 e. The summed E-state index contributed by atoms with van der Waals surface area (Å²) >= 11 is 3.42. The number of nitro groups is 1. The minimum absolute atomic E-state index is 0.0693. The summed E-state index contributed by atoms with van der Waals surface area (Å²) in [5.41, 5.74) is 2.80. The summed E-state index contributed by atoms with van der Waals surface area (Å²) in [5.74, 6) is -0.165. The van der Waals surface area contributed by atoms with Crippen LogP contribution in [-0.2, 0) is 4.79 Å². The molecule has 0 unspecified atom stereocenters. The molecule has 0 aliphatic rings. The molecule has 2 N–H and O–H groups in total. The number of nitrogens with one attached hydrogen (secondary N) is 2. The standard InChI is InChI=1S/C17H18BrN3O4/c1-10-6-12(4-5-13(10)18)19-9-17(22)20-14-8-16(25-3)15(21(23)24)7-11(14)2/h4-8,19H,9H2,1-3H3,(H,20,22). The van der Waals surface area contributed by atoms with Gasteiger partial charge in [-0.3, -0.25) is 14.9 Å². The van der Waals surface area contributed by atoms with Crippen LogP contribution in [0.4, 0.5) is 17.1 Å². The molecule has 0 bridgehead atoms. The van der Waals surface area contributed by atoms with Crippen LogP contribution in [0.15, 0.2) is 34.8 Å². The third-order valence-corrected chi connectivity index (χ3v) is 4.50. The lowest BCUT2D eigenvalue weighted by Crippen LogP contribution is -2.22. The zero-order chi connectivity index (χ0) is 18.6. The molecule has 0 heterocycles. The Labute approximate surface area is 153 Å². The fourth-order valence-corrected chi connectivity index (χ4v) is 2.49. The van der Waals surface area contributed by atoms with Crippen molar-refractivity contribution in [2.45, 2.75) is 13.8 Å². The summed E-state index contributed by atoms with van der Waals surface area (Å²) in [5, 5.41) is 16.8. The highest BCUT2D eigenvalue weighted by molar-refractivity contribution is 9.10. The molecule has 1 amide bonds. The van der Waals surface area contributed by atoms with E-state index in [9.17, 15) is 14.9 Å². The number of benzene rings is 2. The van der Waals surface area contributed by atoms with Crippen LogP contribution in [0.2, 0.25) is 0 Å². The summed E-state index contributed by atoms with van der Waals surface area (Å²) in [6, 6.07) is 8.53. The normalized spacial score (nSPS) is 10.2. The van der Waals surface area contributed by atoms with Gasteiger partial charge in [-0.15, -0.1) is 0 Å². The molecule has 0 saturated heterocycles. The van der Waals surface area contributed by atoms with Crippen molar-refractivity contribution >= 4 is 38.9 Å². The fraction of sp³-hybridized carbons (Fsp3) is 0.235. The summed E-state index contributed by atoms with van der Waals surface area (Å²) in [7, 11) is 1.35. The first-order valence-corrected chi connectivity index (χ1v) is 8.24. The molecule has 7 nitrogen and oxygen atoms in total. The van der Waals surface area contributed by atoms with Gasteiger partial charge < -0.3 is 15.4 Å². The number of carbonyl (C=O) groups excluding carboxylic acids is 1. The quantitative estimate of drug-likeness (QED) is 0.556. The van der Waals surface area contributed by atoms with Crippen LogP contribution < -0.4 is 15.4 Å². The van der Waals surface area contributed by atoms with Gasteiger partial charge in [-0.05, 0) is 43.2 Å². The Morgan fingerprint density at radius 3 is 2.56 bits per heavy atom. The van der Waals surface area contributed by atoms with Crippen molar-refractivity contribution in [2.24, 2.45) is 0 Å². The van der Waals surface area contributed by atoms with E-state index in [1.807, 2.05) is 25.1 Å². The first-order valence-electron chi connectivity index (χ1n) is 7.44. The molecule has 25 heavy (non-hydrogen) atoms. The lowest BCUT2D eigenvalue weighted by Gasteiger charge is -2.12. The van der Waals surface area contributed by atoms with Crippen molar-refractivity contribution in [3.8, 4) is 5.75 Å².